The van der Waals surface area contributed by atoms with Crippen molar-refractivity contribution < 1.29 is 13.7 Å². The molecule has 5 rings (SSSR count). The maximum atomic E-state index is 13.9. The molecule has 0 aliphatic carbocycles. The Labute approximate surface area is 216 Å². The van der Waals surface area contributed by atoms with E-state index in [0.29, 0.717) is 34.2 Å². The van der Waals surface area contributed by atoms with Crippen LogP contribution in [0.5, 0.6) is 0 Å². The van der Waals surface area contributed by atoms with Crippen molar-refractivity contribution in [2.45, 2.75) is 26.9 Å². The molecule has 2 aromatic carbocycles. The van der Waals surface area contributed by atoms with Gasteiger partial charge in [0.15, 0.2) is 0 Å². The zero-order chi connectivity index (χ0) is 25.9. The van der Waals surface area contributed by atoms with Gasteiger partial charge in [0.05, 0.1) is 17.4 Å². The van der Waals surface area contributed by atoms with E-state index < -0.39 is 11.7 Å². The maximum absolute atomic E-state index is 13.9. The molecule has 37 heavy (non-hydrogen) atoms. The lowest BCUT2D eigenvalue weighted by Crippen LogP contribution is -2.26. The van der Waals surface area contributed by atoms with Gasteiger partial charge in [0.1, 0.15) is 17.4 Å². The quantitative estimate of drug-likeness (QED) is 0.288. The van der Waals surface area contributed by atoms with Crippen molar-refractivity contribution in [1.82, 2.24) is 25.4 Å². The number of benzene rings is 2. The Morgan fingerprint density at radius 1 is 1.08 bits per heavy atom. The summed E-state index contributed by atoms with van der Waals surface area (Å²) >= 11 is 6.14. The lowest BCUT2D eigenvalue weighted by Gasteiger charge is -2.13. The van der Waals surface area contributed by atoms with Crippen molar-refractivity contribution in [1.29, 1.82) is 0 Å². The Hall–Kier alpha value is -4.37. The van der Waals surface area contributed by atoms with Gasteiger partial charge < -0.3 is 15.2 Å². The average molecular weight is 517 g/mol. The molecule has 0 bridgehead atoms. The average Bonchev–Trinajstić information content (AvgIpc) is 3.23. The molecule has 8 nitrogen and oxygen atoms in total. The number of amides is 1. The molecule has 0 saturated heterocycles. The molecule has 1 amide bonds. The fraction of sp³-hybridized carbons (Fsp3) is 0.148. The van der Waals surface area contributed by atoms with E-state index in [-0.39, 0.29) is 12.4 Å². The summed E-state index contributed by atoms with van der Waals surface area (Å²) < 4.78 is 19.3. The third kappa shape index (κ3) is 5.26. The number of carbonyl (C=O) groups is 1. The number of carbonyl (C=O) groups excluding carboxylic acids is 1. The molecule has 186 valence electrons. The molecule has 0 spiro atoms. The molecule has 10 heteroatoms. The number of rotatable bonds is 7. The number of nitrogens with zero attached hydrogens (tertiary/aromatic N) is 4. The maximum Gasteiger partial charge on any atom is 0.289 e. The SMILES string of the molecule is Cc1noc(C)c1-c1ccc2nc(C(=O)NCc3ccncc3F)nc(NCc3cccc(Cl)c3)c2c1. The molecule has 0 fully saturated rings. The van der Waals surface area contributed by atoms with E-state index in [4.69, 9.17) is 16.1 Å². The van der Waals surface area contributed by atoms with E-state index in [0.717, 1.165) is 34.0 Å². The number of aromatic nitrogens is 4. The third-order valence-electron chi connectivity index (χ3n) is 5.87. The standard InChI is InChI=1S/C27H22ClFN6O2/c1-15-24(16(2)37-35-15)18-6-7-23-21(11-18)25(31-12-17-4-3-5-20(28)10-17)34-26(33-23)27(36)32-13-19-8-9-30-14-22(19)29/h3-11,14H,12-13H2,1-2H3,(H,32,36)(H,31,33,34). The first-order valence-corrected chi connectivity index (χ1v) is 11.9. The van der Waals surface area contributed by atoms with Gasteiger partial charge in [-0.05, 0) is 55.3 Å². The summed E-state index contributed by atoms with van der Waals surface area (Å²) in [6.07, 6.45) is 2.56. The van der Waals surface area contributed by atoms with Gasteiger partial charge in [-0.3, -0.25) is 9.78 Å². The summed E-state index contributed by atoms with van der Waals surface area (Å²) in [6.45, 7) is 4.13. The minimum absolute atomic E-state index is 0.0230. The van der Waals surface area contributed by atoms with Gasteiger partial charge in [0.25, 0.3) is 5.91 Å². The molecular weight excluding hydrogens is 495 g/mol. The summed E-state index contributed by atoms with van der Waals surface area (Å²) in [5.41, 5.74) is 4.38. The number of hydrogen-bond donors (Lipinski definition) is 2. The van der Waals surface area contributed by atoms with Crippen LogP contribution in [0.2, 0.25) is 5.02 Å². The predicted molar refractivity (Wildman–Crippen MR) is 139 cm³/mol. The van der Waals surface area contributed by atoms with Gasteiger partial charge in [0.2, 0.25) is 5.82 Å². The van der Waals surface area contributed by atoms with E-state index >= 15 is 0 Å². The van der Waals surface area contributed by atoms with Crippen LogP contribution in [0.3, 0.4) is 0 Å². The van der Waals surface area contributed by atoms with E-state index in [1.54, 1.807) is 6.07 Å². The van der Waals surface area contributed by atoms with E-state index in [9.17, 15) is 9.18 Å². The van der Waals surface area contributed by atoms with Crippen molar-refractivity contribution in [2.75, 3.05) is 5.32 Å². The number of halogens is 2. The molecule has 3 heterocycles. The van der Waals surface area contributed by atoms with Gasteiger partial charge in [-0.15, -0.1) is 0 Å². The first-order chi connectivity index (χ1) is 17.9. The Morgan fingerprint density at radius 3 is 2.70 bits per heavy atom. The number of aryl methyl sites for hydroxylation is 2. The fourth-order valence-electron chi connectivity index (χ4n) is 4.05. The van der Waals surface area contributed by atoms with Crippen LogP contribution in [0.25, 0.3) is 22.0 Å². The predicted octanol–water partition coefficient (Wildman–Crippen LogP) is 5.63. The smallest absolute Gasteiger partial charge is 0.289 e. The van der Waals surface area contributed by atoms with Gasteiger partial charge in [-0.1, -0.05) is 35.0 Å². The normalized spacial score (nSPS) is 11.0. The summed E-state index contributed by atoms with van der Waals surface area (Å²) in [7, 11) is 0. The van der Waals surface area contributed by atoms with Crippen LogP contribution in [-0.2, 0) is 13.1 Å². The topological polar surface area (TPSA) is 106 Å². The van der Waals surface area contributed by atoms with Crippen LogP contribution in [0, 0.1) is 19.7 Å². The van der Waals surface area contributed by atoms with Crippen molar-refractivity contribution in [3.63, 3.8) is 0 Å². The van der Waals surface area contributed by atoms with Crippen LogP contribution < -0.4 is 10.6 Å². The molecule has 3 aromatic heterocycles. The number of hydrogen-bond acceptors (Lipinski definition) is 7. The summed E-state index contributed by atoms with van der Waals surface area (Å²) in [6, 6.07) is 14.6. The van der Waals surface area contributed by atoms with E-state index in [1.165, 1.54) is 12.3 Å². The monoisotopic (exact) mass is 516 g/mol. The molecule has 5 aromatic rings. The first kappa shape index (κ1) is 24.3. The summed E-state index contributed by atoms with van der Waals surface area (Å²) in [4.78, 5) is 25.7. The van der Waals surface area contributed by atoms with Crippen LogP contribution in [0.1, 0.15) is 33.2 Å². The second-order valence-electron chi connectivity index (χ2n) is 8.46. The molecule has 0 atom stereocenters. The molecule has 0 unspecified atom stereocenters. The van der Waals surface area contributed by atoms with E-state index in [2.05, 4.69) is 30.7 Å². The molecule has 0 aliphatic heterocycles. The van der Waals surface area contributed by atoms with Gasteiger partial charge in [-0.25, -0.2) is 14.4 Å². The lowest BCUT2D eigenvalue weighted by molar-refractivity contribution is 0.0940. The van der Waals surface area contributed by atoms with Crippen molar-refractivity contribution in [3.8, 4) is 11.1 Å². The minimum atomic E-state index is -0.529. The highest BCUT2D eigenvalue weighted by Gasteiger charge is 2.18. The Balaban J connectivity index is 1.51. The summed E-state index contributed by atoms with van der Waals surface area (Å²) in [5, 5.41) is 11.4. The molecular formula is C27H22ClFN6O2. The lowest BCUT2D eigenvalue weighted by atomic mass is 10.0. The minimum Gasteiger partial charge on any atom is -0.365 e. The molecule has 0 aliphatic rings. The zero-order valence-electron chi connectivity index (χ0n) is 20.0. The highest BCUT2D eigenvalue weighted by molar-refractivity contribution is 6.30. The van der Waals surface area contributed by atoms with Gasteiger partial charge in [-0.2, -0.15) is 0 Å². The molecule has 0 radical (unpaired) electrons. The number of anilines is 1. The highest BCUT2D eigenvalue weighted by atomic mass is 35.5. The fourth-order valence-corrected chi connectivity index (χ4v) is 4.26. The van der Waals surface area contributed by atoms with Crippen LogP contribution in [-0.4, -0.2) is 26.0 Å². The van der Waals surface area contributed by atoms with Crippen molar-refractivity contribution >= 4 is 34.2 Å². The zero-order valence-corrected chi connectivity index (χ0v) is 20.8. The largest absolute Gasteiger partial charge is 0.365 e. The van der Waals surface area contributed by atoms with Gasteiger partial charge >= 0.3 is 0 Å². The first-order valence-electron chi connectivity index (χ1n) is 11.5. The number of fused-ring (bicyclic) bond motifs is 1. The van der Waals surface area contributed by atoms with Crippen LogP contribution in [0.4, 0.5) is 10.2 Å². The van der Waals surface area contributed by atoms with Crippen molar-refractivity contribution in [3.05, 3.63) is 100 Å². The number of pyridine rings is 1. The summed E-state index contributed by atoms with van der Waals surface area (Å²) in [5.74, 6) is 0.0988. The Bertz CT molecular complexity index is 1600. The number of nitrogens with one attached hydrogen (secondary N) is 2. The van der Waals surface area contributed by atoms with Crippen LogP contribution >= 0.6 is 11.6 Å². The Morgan fingerprint density at radius 2 is 1.95 bits per heavy atom. The Kier molecular flexibility index (Phi) is 6.78. The third-order valence-corrected chi connectivity index (χ3v) is 6.10. The van der Waals surface area contributed by atoms with E-state index in [1.807, 2.05) is 50.2 Å². The van der Waals surface area contributed by atoms with Crippen molar-refractivity contribution in [2.24, 2.45) is 0 Å². The molecule has 2 N–H and O–H groups in total. The van der Waals surface area contributed by atoms with Crippen LogP contribution in [0.15, 0.2) is 65.4 Å². The second kappa shape index (κ2) is 10.3. The van der Waals surface area contributed by atoms with Gasteiger partial charge in [0, 0.05) is 40.8 Å². The molecule has 0 saturated carbocycles. The highest BCUT2D eigenvalue weighted by Crippen LogP contribution is 2.31. The second-order valence-corrected chi connectivity index (χ2v) is 8.90.